The van der Waals surface area contributed by atoms with Crippen molar-refractivity contribution >= 4 is 33.5 Å². The van der Waals surface area contributed by atoms with E-state index in [1.807, 2.05) is 6.07 Å². The monoisotopic (exact) mass is 405 g/mol. The lowest BCUT2D eigenvalue weighted by molar-refractivity contribution is -0.139. The molecule has 0 spiro atoms. The van der Waals surface area contributed by atoms with Crippen LogP contribution in [0.3, 0.4) is 0 Å². The largest absolute Gasteiger partial charge is 0.493 e. The Bertz CT molecular complexity index is 874. The summed E-state index contributed by atoms with van der Waals surface area (Å²) in [6.45, 7) is -0.517. The number of hydrogen-bond acceptors (Lipinski definition) is 4. The number of rotatable bonds is 6. The van der Waals surface area contributed by atoms with Gasteiger partial charge in [0.25, 0.3) is 0 Å². The van der Waals surface area contributed by atoms with Crippen molar-refractivity contribution in [1.82, 2.24) is 0 Å². The standard InChI is InChI=1S/C18H13BrFNO4/c1-24-16-7-11(6-15(19)18(16)25-10-17(22)23)5-13(9-21)12-3-2-4-14(20)8-12/h2-8H,10H2,1H3,(H,22,23). The number of carbonyl (C=O) groups is 1. The Morgan fingerprint density at radius 2 is 2.16 bits per heavy atom. The maximum Gasteiger partial charge on any atom is 0.341 e. The summed E-state index contributed by atoms with van der Waals surface area (Å²) >= 11 is 3.30. The van der Waals surface area contributed by atoms with Gasteiger partial charge in [-0.25, -0.2) is 9.18 Å². The smallest absolute Gasteiger partial charge is 0.341 e. The van der Waals surface area contributed by atoms with E-state index < -0.39 is 18.4 Å². The van der Waals surface area contributed by atoms with E-state index >= 15 is 0 Å². The van der Waals surface area contributed by atoms with Gasteiger partial charge in [-0.3, -0.25) is 0 Å². The van der Waals surface area contributed by atoms with Crippen molar-refractivity contribution in [2.75, 3.05) is 13.7 Å². The first-order chi connectivity index (χ1) is 11.9. The third-order valence-corrected chi connectivity index (χ3v) is 3.75. The van der Waals surface area contributed by atoms with Gasteiger partial charge in [0.15, 0.2) is 18.1 Å². The van der Waals surface area contributed by atoms with Gasteiger partial charge >= 0.3 is 5.97 Å². The van der Waals surface area contributed by atoms with Crippen LogP contribution in [-0.2, 0) is 4.79 Å². The third-order valence-electron chi connectivity index (χ3n) is 3.16. The molecule has 0 amide bonds. The topological polar surface area (TPSA) is 79.5 Å². The second kappa shape index (κ2) is 8.31. The molecule has 7 heteroatoms. The fraction of sp³-hybridized carbons (Fsp3) is 0.111. The number of allylic oxidation sites excluding steroid dienone is 1. The molecule has 0 aliphatic heterocycles. The van der Waals surface area contributed by atoms with Crippen LogP contribution in [0.2, 0.25) is 0 Å². The molecule has 0 unspecified atom stereocenters. The molecule has 25 heavy (non-hydrogen) atoms. The van der Waals surface area contributed by atoms with E-state index in [9.17, 15) is 14.4 Å². The zero-order chi connectivity index (χ0) is 18.4. The van der Waals surface area contributed by atoms with Gasteiger partial charge in [-0.2, -0.15) is 5.26 Å². The molecular formula is C18H13BrFNO4. The van der Waals surface area contributed by atoms with Crippen molar-refractivity contribution in [1.29, 1.82) is 5.26 Å². The van der Waals surface area contributed by atoms with E-state index in [0.717, 1.165) is 0 Å². The zero-order valence-corrected chi connectivity index (χ0v) is 14.7. The Balaban J connectivity index is 2.43. The molecular weight excluding hydrogens is 393 g/mol. The normalized spacial score (nSPS) is 10.9. The quantitative estimate of drug-likeness (QED) is 0.577. The molecule has 1 N–H and O–H groups in total. The number of nitrogens with zero attached hydrogens (tertiary/aromatic N) is 1. The maximum atomic E-state index is 13.4. The minimum Gasteiger partial charge on any atom is -0.493 e. The fourth-order valence-electron chi connectivity index (χ4n) is 2.10. The van der Waals surface area contributed by atoms with Crippen LogP contribution in [0.1, 0.15) is 11.1 Å². The first-order valence-electron chi connectivity index (χ1n) is 7.04. The maximum absolute atomic E-state index is 13.4. The molecule has 2 aromatic carbocycles. The zero-order valence-electron chi connectivity index (χ0n) is 13.1. The number of halogens is 2. The lowest BCUT2D eigenvalue weighted by Gasteiger charge is -2.12. The van der Waals surface area contributed by atoms with Crippen molar-refractivity contribution in [3.05, 3.63) is 57.8 Å². The molecule has 0 saturated carbocycles. The van der Waals surface area contributed by atoms with Gasteiger partial charge in [0.05, 0.1) is 23.2 Å². The van der Waals surface area contributed by atoms with Crippen LogP contribution in [-0.4, -0.2) is 24.8 Å². The van der Waals surface area contributed by atoms with Crippen LogP contribution in [0.25, 0.3) is 11.6 Å². The fourth-order valence-corrected chi connectivity index (χ4v) is 2.67. The number of benzene rings is 2. The van der Waals surface area contributed by atoms with Gasteiger partial charge in [0, 0.05) is 0 Å². The Hall–Kier alpha value is -2.85. The van der Waals surface area contributed by atoms with E-state index in [1.54, 1.807) is 24.3 Å². The summed E-state index contributed by atoms with van der Waals surface area (Å²) in [5.74, 6) is -1.00. The lowest BCUT2D eigenvalue weighted by atomic mass is 10.0. The average molecular weight is 406 g/mol. The highest BCUT2D eigenvalue weighted by Crippen LogP contribution is 2.37. The molecule has 0 radical (unpaired) electrons. The summed E-state index contributed by atoms with van der Waals surface area (Å²) in [4.78, 5) is 10.7. The van der Waals surface area contributed by atoms with Gasteiger partial charge < -0.3 is 14.6 Å². The highest BCUT2D eigenvalue weighted by Gasteiger charge is 2.13. The summed E-state index contributed by atoms with van der Waals surface area (Å²) in [6.07, 6.45) is 1.57. The number of carboxylic acids is 1. The van der Waals surface area contributed by atoms with E-state index in [2.05, 4.69) is 15.9 Å². The number of methoxy groups -OCH3 is 1. The van der Waals surface area contributed by atoms with Crippen LogP contribution in [0.5, 0.6) is 11.5 Å². The van der Waals surface area contributed by atoms with Crippen molar-refractivity contribution in [2.24, 2.45) is 0 Å². The molecule has 0 saturated heterocycles. The SMILES string of the molecule is COc1cc(C=C(C#N)c2cccc(F)c2)cc(Br)c1OCC(=O)O. The minimum absolute atomic E-state index is 0.242. The molecule has 0 aliphatic carbocycles. The molecule has 0 fully saturated rings. The summed E-state index contributed by atoms with van der Waals surface area (Å²) in [5.41, 5.74) is 1.32. The Kier molecular flexibility index (Phi) is 6.14. The first kappa shape index (κ1) is 18.5. The van der Waals surface area contributed by atoms with Crippen molar-refractivity contribution in [3.63, 3.8) is 0 Å². The molecule has 0 aromatic heterocycles. The van der Waals surface area contributed by atoms with Gasteiger partial charge in [0.2, 0.25) is 0 Å². The molecule has 0 aliphatic rings. The summed E-state index contributed by atoms with van der Waals surface area (Å²) in [7, 11) is 1.42. The lowest BCUT2D eigenvalue weighted by Crippen LogP contribution is -2.10. The number of aliphatic carboxylic acids is 1. The Morgan fingerprint density at radius 3 is 2.76 bits per heavy atom. The van der Waals surface area contributed by atoms with Gasteiger partial charge in [-0.15, -0.1) is 0 Å². The second-order valence-electron chi connectivity index (χ2n) is 4.90. The summed E-state index contributed by atoms with van der Waals surface area (Å²) in [5, 5.41) is 18.1. The number of carboxylic acid groups (broad SMARTS) is 1. The number of nitriles is 1. The predicted molar refractivity (Wildman–Crippen MR) is 93.7 cm³/mol. The van der Waals surface area contributed by atoms with Crippen LogP contribution in [0, 0.1) is 17.1 Å². The van der Waals surface area contributed by atoms with E-state index in [4.69, 9.17) is 14.6 Å². The first-order valence-corrected chi connectivity index (χ1v) is 7.83. The Morgan fingerprint density at radius 1 is 1.40 bits per heavy atom. The third kappa shape index (κ3) is 4.81. The van der Waals surface area contributed by atoms with Gasteiger partial charge in [0.1, 0.15) is 5.82 Å². The average Bonchev–Trinajstić information content (AvgIpc) is 2.58. The van der Waals surface area contributed by atoms with Crippen molar-refractivity contribution < 1.29 is 23.8 Å². The van der Waals surface area contributed by atoms with E-state index in [1.165, 1.54) is 25.3 Å². The Labute approximate surface area is 152 Å². The van der Waals surface area contributed by atoms with E-state index in [0.29, 0.717) is 21.3 Å². The van der Waals surface area contributed by atoms with E-state index in [-0.39, 0.29) is 11.3 Å². The molecule has 2 aromatic rings. The molecule has 2 rings (SSSR count). The summed E-state index contributed by atoms with van der Waals surface area (Å²) in [6, 6.07) is 11.0. The molecule has 0 bridgehead atoms. The molecule has 128 valence electrons. The number of hydrogen-bond donors (Lipinski definition) is 1. The predicted octanol–water partition coefficient (Wildman–Crippen LogP) is 4.12. The summed E-state index contributed by atoms with van der Waals surface area (Å²) < 4.78 is 24.2. The van der Waals surface area contributed by atoms with Crippen LogP contribution >= 0.6 is 15.9 Å². The molecule has 5 nitrogen and oxygen atoms in total. The van der Waals surface area contributed by atoms with Crippen molar-refractivity contribution in [2.45, 2.75) is 0 Å². The highest BCUT2D eigenvalue weighted by molar-refractivity contribution is 9.10. The van der Waals surface area contributed by atoms with Crippen molar-refractivity contribution in [3.8, 4) is 17.6 Å². The highest BCUT2D eigenvalue weighted by atomic mass is 79.9. The van der Waals surface area contributed by atoms with Gasteiger partial charge in [-0.05, 0) is 57.4 Å². The number of ether oxygens (including phenoxy) is 2. The second-order valence-corrected chi connectivity index (χ2v) is 5.75. The minimum atomic E-state index is -1.12. The van der Waals surface area contributed by atoms with Crippen LogP contribution < -0.4 is 9.47 Å². The van der Waals surface area contributed by atoms with Gasteiger partial charge in [-0.1, -0.05) is 12.1 Å². The van der Waals surface area contributed by atoms with Crippen LogP contribution in [0.4, 0.5) is 4.39 Å². The van der Waals surface area contributed by atoms with Crippen LogP contribution in [0.15, 0.2) is 40.9 Å². The molecule has 0 atom stereocenters. The molecule has 0 heterocycles.